The number of aromatic nitrogens is 1. The Kier molecular flexibility index (Phi) is 6.05. The van der Waals surface area contributed by atoms with Gasteiger partial charge in [0.1, 0.15) is 5.15 Å². The molecule has 0 aromatic carbocycles. The maximum atomic E-state index is 11.8. The van der Waals surface area contributed by atoms with Crippen molar-refractivity contribution in [1.29, 1.82) is 0 Å². The molecule has 7 heteroatoms. The summed E-state index contributed by atoms with van der Waals surface area (Å²) in [6, 6.07) is 1.41. The standard InChI is InChI=1S/C12H15Cl2N3O2/c1-3-17(4-2)10(18)7-16-12(19)8-5-9(13)11(14)15-6-8/h5-6H,3-4,7H2,1-2H3,(H,16,19). The first-order valence-corrected chi connectivity index (χ1v) is 6.62. The molecule has 0 bridgehead atoms. The van der Waals surface area contributed by atoms with Crippen LogP contribution in [0.15, 0.2) is 12.3 Å². The molecule has 104 valence electrons. The van der Waals surface area contributed by atoms with E-state index in [0.29, 0.717) is 13.1 Å². The van der Waals surface area contributed by atoms with Crippen molar-refractivity contribution >= 4 is 35.0 Å². The number of nitrogens with zero attached hydrogens (tertiary/aromatic N) is 2. The number of nitrogens with one attached hydrogen (secondary N) is 1. The van der Waals surface area contributed by atoms with Crippen LogP contribution in [0.25, 0.3) is 0 Å². The van der Waals surface area contributed by atoms with Crippen molar-refractivity contribution in [2.75, 3.05) is 19.6 Å². The number of halogens is 2. The summed E-state index contributed by atoms with van der Waals surface area (Å²) in [5.41, 5.74) is 0.266. The number of pyridine rings is 1. The van der Waals surface area contributed by atoms with Gasteiger partial charge in [0.05, 0.1) is 17.1 Å². The van der Waals surface area contributed by atoms with Crippen LogP contribution in [0.1, 0.15) is 24.2 Å². The van der Waals surface area contributed by atoms with Gasteiger partial charge in [0, 0.05) is 19.3 Å². The SMILES string of the molecule is CCN(CC)C(=O)CNC(=O)c1cnc(Cl)c(Cl)c1. The predicted octanol–water partition coefficient (Wildman–Crippen LogP) is 1.99. The first-order chi connectivity index (χ1) is 8.99. The zero-order chi connectivity index (χ0) is 14.4. The average molecular weight is 304 g/mol. The molecule has 0 fully saturated rings. The quantitative estimate of drug-likeness (QED) is 0.846. The van der Waals surface area contributed by atoms with Gasteiger partial charge in [-0.15, -0.1) is 0 Å². The number of rotatable bonds is 5. The molecule has 2 amide bonds. The molecule has 1 heterocycles. The van der Waals surface area contributed by atoms with Gasteiger partial charge in [-0.3, -0.25) is 9.59 Å². The first-order valence-electron chi connectivity index (χ1n) is 5.86. The monoisotopic (exact) mass is 303 g/mol. The van der Waals surface area contributed by atoms with Gasteiger partial charge in [0.2, 0.25) is 5.91 Å². The fraction of sp³-hybridized carbons (Fsp3) is 0.417. The zero-order valence-electron chi connectivity index (χ0n) is 10.7. The molecule has 0 saturated carbocycles. The van der Waals surface area contributed by atoms with E-state index in [1.54, 1.807) is 4.90 Å². The third-order valence-electron chi connectivity index (χ3n) is 2.57. The van der Waals surface area contributed by atoms with E-state index in [-0.39, 0.29) is 28.2 Å². The minimum Gasteiger partial charge on any atom is -0.343 e. The van der Waals surface area contributed by atoms with Crippen molar-refractivity contribution in [1.82, 2.24) is 15.2 Å². The Morgan fingerprint density at radius 1 is 1.32 bits per heavy atom. The van der Waals surface area contributed by atoms with E-state index >= 15 is 0 Å². The number of likely N-dealkylation sites (N-methyl/N-ethyl adjacent to an activating group) is 1. The fourth-order valence-corrected chi connectivity index (χ4v) is 1.76. The largest absolute Gasteiger partial charge is 0.343 e. The molecule has 0 atom stereocenters. The molecule has 0 radical (unpaired) electrons. The lowest BCUT2D eigenvalue weighted by Crippen LogP contribution is -2.40. The molecular formula is C12H15Cl2N3O2. The minimum absolute atomic E-state index is 0.0548. The summed E-state index contributed by atoms with van der Waals surface area (Å²) in [4.78, 5) is 28.9. The van der Waals surface area contributed by atoms with Crippen LogP contribution >= 0.6 is 23.2 Å². The summed E-state index contributed by atoms with van der Waals surface area (Å²) in [5, 5.41) is 2.86. The molecule has 1 rings (SSSR count). The summed E-state index contributed by atoms with van der Waals surface area (Å²) in [6.45, 7) is 4.93. The molecule has 1 aromatic heterocycles. The molecule has 0 aliphatic carbocycles. The summed E-state index contributed by atoms with van der Waals surface area (Å²) in [5.74, 6) is -0.544. The van der Waals surface area contributed by atoms with Crippen LogP contribution in [-0.4, -0.2) is 41.3 Å². The summed E-state index contributed by atoms with van der Waals surface area (Å²) in [6.07, 6.45) is 1.31. The Balaban J connectivity index is 2.60. The van der Waals surface area contributed by atoms with Gasteiger partial charge in [0.25, 0.3) is 5.91 Å². The van der Waals surface area contributed by atoms with Gasteiger partial charge in [-0.05, 0) is 19.9 Å². The fourth-order valence-electron chi connectivity index (χ4n) is 1.49. The Morgan fingerprint density at radius 3 is 2.47 bits per heavy atom. The van der Waals surface area contributed by atoms with Crippen LogP contribution < -0.4 is 5.32 Å². The number of carbonyl (C=O) groups is 2. The first kappa shape index (κ1) is 15.7. The zero-order valence-corrected chi connectivity index (χ0v) is 12.3. The second-order valence-corrected chi connectivity index (χ2v) is 4.51. The summed E-state index contributed by atoms with van der Waals surface area (Å²) in [7, 11) is 0. The van der Waals surface area contributed by atoms with E-state index in [0.717, 1.165) is 0 Å². The highest BCUT2D eigenvalue weighted by Crippen LogP contribution is 2.19. The Bertz CT molecular complexity index is 476. The average Bonchev–Trinajstić information content (AvgIpc) is 2.40. The topological polar surface area (TPSA) is 62.3 Å². The smallest absolute Gasteiger partial charge is 0.253 e. The van der Waals surface area contributed by atoms with Gasteiger partial charge >= 0.3 is 0 Å². The predicted molar refractivity (Wildman–Crippen MR) is 74.5 cm³/mol. The number of hydrogen-bond donors (Lipinski definition) is 1. The Labute approximate surface area is 121 Å². The Hall–Kier alpha value is -1.33. The van der Waals surface area contributed by atoms with Crippen LogP contribution in [0.2, 0.25) is 10.2 Å². The highest BCUT2D eigenvalue weighted by atomic mass is 35.5. The van der Waals surface area contributed by atoms with Crippen LogP contribution in [-0.2, 0) is 4.79 Å². The van der Waals surface area contributed by atoms with Crippen LogP contribution in [0, 0.1) is 0 Å². The third kappa shape index (κ3) is 4.36. The lowest BCUT2D eigenvalue weighted by atomic mass is 10.2. The minimum atomic E-state index is -0.411. The van der Waals surface area contributed by atoms with Crippen molar-refractivity contribution in [3.05, 3.63) is 28.0 Å². The van der Waals surface area contributed by atoms with E-state index in [1.807, 2.05) is 13.8 Å². The maximum absolute atomic E-state index is 11.8. The Morgan fingerprint density at radius 2 is 1.95 bits per heavy atom. The van der Waals surface area contributed by atoms with Crippen molar-refractivity contribution in [2.45, 2.75) is 13.8 Å². The number of hydrogen-bond acceptors (Lipinski definition) is 3. The van der Waals surface area contributed by atoms with Crippen molar-refractivity contribution in [2.24, 2.45) is 0 Å². The molecule has 1 N–H and O–H groups in total. The highest BCUT2D eigenvalue weighted by molar-refractivity contribution is 6.41. The number of amides is 2. The van der Waals surface area contributed by atoms with Gasteiger partial charge < -0.3 is 10.2 Å². The maximum Gasteiger partial charge on any atom is 0.253 e. The van der Waals surface area contributed by atoms with Crippen LogP contribution in [0.3, 0.4) is 0 Å². The van der Waals surface area contributed by atoms with E-state index < -0.39 is 5.91 Å². The molecule has 0 aliphatic rings. The van der Waals surface area contributed by atoms with Gasteiger partial charge in [0.15, 0.2) is 0 Å². The van der Waals surface area contributed by atoms with Crippen molar-refractivity contribution < 1.29 is 9.59 Å². The van der Waals surface area contributed by atoms with Gasteiger partial charge in [-0.1, -0.05) is 23.2 Å². The normalized spacial score (nSPS) is 10.1. The molecule has 0 spiro atoms. The lowest BCUT2D eigenvalue weighted by Gasteiger charge is -2.18. The highest BCUT2D eigenvalue weighted by Gasteiger charge is 2.13. The van der Waals surface area contributed by atoms with Crippen LogP contribution in [0.5, 0.6) is 0 Å². The molecular weight excluding hydrogens is 289 g/mol. The molecule has 19 heavy (non-hydrogen) atoms. The van der Waals surface area contributed by atoms with Gasteiger partial charge in [-0.2, -0.15) is 0 Å². The van der Waals surface area contributed by atoms with Crippen molar-refractivity contribution in [3.63, 3.8) is 0 Å². The molecule has 0 unspecified atom stereocenters. The van der Waals surface area contributed by atoms with E-state index in [4.69, 9.17) is 23.2 Å². The summed E-state index contributed by atoms with van der Waals surface area (Å²) >= 11 is 11.4. The van der Waals surface area contributed by atoms with Crippen molar-refractivity contribution in [3.8, 4) is 0 Å². The third-order valence-corrected chi connectivity index (χ3v) is 3.26. The van der Waals surface area contributed by atoms with E-state index in [1.165, 1.54) is 12.3 Å². The van der Waals surface area contributed by atoms with Crippen LogP contribution in [0.4, 0.5) is 0 Å². The summed E-state index contributed by atoms with van der Waals surface area (Å²) < 4.78 is 0. The molecule has 1 aromatic rings. The molecule has 0 saturated heterocycles. The molecule has 5 nitrogen and oxygen atoms in total. The van der Waals surface area contributed by atoms with E-state index in [2.05, 4.69) is 10.3 Å². The second kappa shape index (κ2) is 7.31. The lowest BCUT2D eigenvalue weighted by molar-refractivity contribution is -0.129. The second-order valence-electron chi connectivity index (χ2n) is 3.75. The van der Waals surface area contributed by atoms with E-state index in [9.17, 15) is 9.59 Å². The number of carbonyl (C=O) groups excluding carboxylic acids is 2. The molecule has 0 aliphatic heterocycles. The van der Waals surface area contributed by atoms with Gasteiger partial charge in [-0.25, -0.2) is 4.98 Å².